The van der Waals surface area contributed by atoms with Gasteiger partial charge in [-0.15, -0.1) is 0 Å². The van der Waals surface area contributed by atoms with E-state index < -0.39 is 0 Å². The number of hydrogen-bond acceptors (Lipinski definition) is 2. The van der Waals surface area contributed by atoms with Crippen LogP contribution in [0.25, 0.3) is 21.8 Å². The Hall–Kier alpha value is -2.36. The molecule has 0 aliphatic heterocycles. The SMILES string of the molecule is OCCn1c(Cc2cccc3ccccc23)nc2ccc(Cl)cc21. The lowest BCUT2D eigenvalue weighted by Crippen LogP contribution is -2.07. The standard InChI is InChI=1S/C20H17ClN2O/c21-16-8-9-18-19(13-16)23(10-11-24)20(22-18)12-15-6-3-5-14-4-1-2-7-17(14)15/h1-9,13,24H,10-12H2. The van der Waals surface area contributed by atoms with Crippen molar-refractivity contribution in [3.8, 4) is 0 Å². The number of aliphatic hydroxyl groups excluding tert-OH is 1. The van der Waals surface area contributed by atoms with Gasteiger partial charge in [0.25, 0.3) is 0 Å². The van der Waals surface area contributed by atoms with Crippen LogP contribution in [0.4, 0.5) is 0 Å². The van der Waals surface area contributed by atoms with Gasteiger partial charge in [0.05, 0.1) is 17.6 Å². The first-order chi connectivity index (χ1) is 11.8. The zero-order valence-corrected chi connectivity index (χ0v) is 13.9. The molecule has 4 aromatic rings. The lowest BCUT2D eigenvalue weighted by Gasteiger charge is -2.09. The predicted octanol–water partition coefficient (Wildman–Crippen LogP) is 4.43. The summed E-state index contributed by atoms with van der Waals surface area (Å²) in [6, 6.07) is 20.4. The second-order valence-electron chi connectivity index (χ2n) is 5.85. The Labute approximate surface area is 145 Å². The molecule has 0 saturated carbocycles. The summed E-state index contributed by atoms with van der Waals surface area (Å²) in [6.07, 6.45) is 0.716. The molecule has 0 unspecified atom stereocenters. The van der Waals surface area contributed by atoms with Crippen LogP contribution in [0.3, 0.4) is 0 Å². The van der Waals surface area contributed by atoms with Gasteiger partial charge in [-0.2, -0.15) is 0 Å². The number of fused-ring (bicyclic) bond motifs is 2. The Morgan fingerprint density at radius 2 is 1.83 bits per heavy atom. The van der Waals surface area contributed by atoms with Gasteiger partial charge < -0.3 is 9.67 Å². The Kier molecular flexibility index (Phi) is 3.97. The minimum atomic E-state index is 0.0700. The van der Waals surface area contributed by atoms with E-state index in [1.807, 2.05) is 18.2 Å². The summed E-state index contributed by atoms with van der Waals surface area (Å²) in [6.45, 7) is 0.581. The van der Waals surface area contributed by atoms with Gasteiger partial charge in [0.15, 0.2) is 0 Å². The van der Waals surface area contributed by atoms with Gasteiger partial charge >= 0.3 is 0 Å². The van der Waals surface area contributed by atoms with Crippen LogP contribution in [0, 0.1) is 0 Å². The average Bonchev–Trinajstić information content (AvgIpc) is 2.93. The van der Waals surface area contributed by atoms with Crippen LogP contribution in [-0.4, -0.2) is 21.3 Å². The van der Waals surface area contributed by atoms with Crippen molar-refractivity contribution in [3.05, 3.63) is 77.1 Å². The highest BCUT2D eigenvalue weighted by Crippen LogP contribution is 2.25. The van der Waals surface area contributed by atoms with Gasteiger partial charge in [-0.25, -0.2) is 4.98 Å². The smallest absolute Gasteiger partial charge is 0.114 e. The molecule has 1 aromatic heterocycles. The quantitative estimate of drug-likeness (QED) is 0.599. The molecule has 0 atom stereocenters. The molecule has 0 aliphatic carbocycles. The van der Waals surface area contributed by atoms with Crippen molar-refractivity contribution >= 4 is 33.4 Å². The summed E-state index contributed by atoms with van der Waals surface area (Å²) in [5, 5.41) is 12.6. The third-order valence-electron chi connectivity index (χ3n) is 4.34. The topological polar surface area (TPSA) is 38.0 Å². The third kappa shape index (κ3) is 2.66. The minimum Gasteiger partial charge on any atom is -0.395 e. The second-order valence-corrected chi connectivity index (χ2v) is 6.29. The Balaban J connectivity index is 1.85. The monoisotopic (exact) mass is 336 g/mol. The van der Waals surface area contributed by atoms with Crippen molar-refractivity contribution in [1.29, 1.82) is 0 Å². The number of nitrogens with zero attached hydrogens (tertiary/aromatic N) is 2. The minimum absolute atomic E-state index is 0.0700. The van der Waals surface area contributed by atoms with Crippen molar-refractivity contribution < 1.29 is 5.11 Å². The molecule has 0 bridgehead atoms. The van der Waals surface area contributed by atoms with Gasteiger partial charge in [0.1, 0.15) is 5.82 Å². The summed E-state index contributed by atoms with van der Waals surface area (Å²) in [5.74, 6) is 0.942. The summed E-state index contributed by atoms with van der Waals surface area (Å²) in [4.78, 5) is 4.77. The molecule has 3 aromatic carbocycles. The van der Waals surface area contributed by atoms with Gasteiger partial charge in [-0.3, -0.25) is 0 Å². The van der Waals surface area contributed by atoms with E-state index in [1.165, 1.54) is 16.3 Å². The molecule has 1 N–H and O–H groups in total. The van der Waals surface area contributed by atoms with Crippen molar-refractivity contribution in [2.75, 3.05) is 6.61 Å². The highest BCUT2D eigenvalue weighted by Gasteiger charge is 2.12. The van der Waals surface area contributed by atoms with E-state index in [1.54, 1.807) is 0 Å². The first-order valence-corrected chi connectivity index (χ1v) is 8.36. The van der Waals surface area contributed by atoms with Crippen LogP contribution in [0.2, 0.25) is 5.02 Å². The van der Waals surface area contributed by atoms with Crippen LogP contribution in [0.1, 0.15) is 11.4 Å². The molecule has 0 spiro atoms. The maximum absolute atomic E-state index is 9.45. The number of rotatable bonds is 4. The number of aliphatic hydroxyl groups is 1. The molecule has 0 aliphatic rings. The largest absolute Gasteiger partial charge is 0.395 e. The van der Waals surface area contributed by atoms with Crippen molar-refractivity contribution in [3.63, 3.8) is 0 Å². The van der Waals surface area contributed by atoms with Gasteiger partial charge in [-0.1, -0.05) is 54.1 Å². The zero-order valence-electron chi connectivity index (χ0n) is 13.1. The van der Waals surface area contributed by atoms with Crippen LogP contribution < -0.4 is 0 Å². The van der Waals surface area contributed by atoms with Crippen molar-refractivity contribution in [2.24, 2.45) is 0 Å². The Bertz CT molecular complexity index is 1020. The lowest BCUT2D eigenvalue weighted by atomic mass is 10.0. The molecule has 24 heavy (non-hydrogen) atoms. The normalized spacial score (nSPS) is 11.4. The number of hydrogen-bond donors (Lipinski definition) is 1. The van der Waals surface area contributed by atoms with Gasteiger partial charge in [0.2, 0.25) is 0 Å². The van der Waals surface area contributed by atoms with Crippen LogP contribution in [0.15, 0.2) is 60.7 Å². The lowest BCUT2D eigenvalue weighted by molar-refractivity contribution is 0.276. The number of halogens is 1. The fourth-order valence-corrected chi connectivity index (χ4v) is 3.41. The molecule has 0 fully saturated rings. The molecule has 0 saturated heterocycles. The summed E-state index contributed by atoms with van der Waals surface area (Å²) < 4.78 is 2.06. The second kappa shape index (κ2) is 6.27. The molecule has 0 radical (unpaired) electrons. The van der Waals surface area contributed by atoms with E-state index in [0.29, 0.717) is 18.0 Å². The third-order valence-corrected chi connectivity index (χ3v) is 4.58. The molecule has 120 valence electrons. The van der Waals surface area contributed by atoms with E-state index in [2.05, 4.69) is 47.0 Å². The zero-order chi connectivity index (χ0) is 16.5. The van der Waals surface area contributed by atoms with E-state index in [4.69, 9.17) is 16.6 Å². The molecular weight excluding hydrogens is 320 g/mol. The first-order valence-electron chi connectivity index (χ1n) is 7.98. The van der Waals surface area contributed by atoms with E-state index in [9.17, 15) is 5.11 Å². The van der Waals surface area contributed by atoms with Crippen LogP contribution >= 0.6 is 11.6 Å². The Morgan fingerprint density at radius 3 is 2.71 bits per heavy atom. The molecule has 4 heteroatoms. The molecule has 4 rings (SSSR count). The average molecular weight is 337 g/mol. The first kappa shape index (κ1) is 15.2. The maximum Gasteiger partial charge on any atom is 0.114 e. The summed E-state index contributed by atoms with van der Waals surface area (Å²) in [7, 11) is 0. The maximum atomic E-state index is 9.45. The van der Waals surface area contributed by atoms with Crippen molar-refractivity contribution in [1.82, 2.24) is 9.55 Å². The summed E-state index contributed by atoms with van der Waals surface area (Å²) >= 11 is 6.13. The molecule has 3 nitrogen and oxygen atoms in total. The van der Waals surface area contributed by atoms with Crippen LogP contribution in [-0.2, 0) is 13.0 Å². The Morgan fingerprint density at radius 1 is 1.00 bits per heavy atom. The highest BCUT2D eigenvalue weighted by atomic mass is 35.5. The molecule has 1 heterocycles. The highest BCUT2D eigenvalue weighted by molar-refractivity contribution is 6.31. The van der Waals surface area contributed by atoms with E-state index in [-0.39, 0.29) is 6.61 Å². The molecule has 0 amide bonds. The van der Waals surface area contributed by atoms with Crippen LogP contribution in [0.5, 0.6) is 0 Å². The van der Waals surface area contributed by atoms with Gasteiger partial charge in [-0.05, 0) is 34.5 Å². The van der Waals surface area contributed by atoms with E-state index >= 15 is 0 Å². The predicted molar refractivity (Wildman–Crippen MR) is 98.6 cm³/mol. The fourth-order valence-electron chi connectivity index (χ4n) is 3.25. The number of aromatic nitrogens is 2. The number of benzene rings is 3. The van der Waals surface area contributed by atoms with Gasteiger partial charge in [0, 0.05) is 18.0 Å². The molecular formula is C20H17ClN2O. The fraction of sp³-hybridized carbons (Fsp3) is 0.150. The number of imidazole rings is 1. The summed E-state index contributed by atoms with van der Waals surface area (Å²) in [5.41, 5.74) is 3.10. The van der Waals surface area contributed by atoms with Crippen molar-refractivity contribution in [2.45, 2.75) is 13.0 Å². The van der Waals surface area contributed by atoms with E-state index in [0.717, 1.165) is 16.9 Å².